The molecule has 0 rings (SSSR count). The number of rotatable bonds is 16. The van der Waals surface area contributed by atoms with Gasteiger partial charge in [-0.3, -0.25) is 0 Å². The fourth-order valence-electron chi connectivity index (χ4n) is 3.15. The first-order valence-electron chi connectivity index (χ1n) is 9.06. The fourth-order valence-corrected chi connectivity index (χ4v) is 5.73. The summed E-state index contributed by atoms with van der Waals surface area (Å²) in [6, 6.07) is 0. The molecule has 1 unspecified atom stereocenters. The summed E-state index contributed by atoms with van der Waals surface area (Å²) in [5.74, 6) is 0. The van der Waals surface area contributed by atoms with Gasteiger partial charge >= 0.3 is 8.80 Å². The molecule has 0 fully saturated rings. The van der Waals surface area contributed by atoms with Crippen LogP contribution in [0.15, 0.2) is 0 Å². The molecule has 0 amide bonds. The van der Waals surface area contributed by atoms with Gasteiger partial charge in [0.2, 0.25) is 0 Å². The Bertz CT molecular complexity index is 230. The zero-order valence-corrected chi connectivity index (χ0v) is 16.4. The van der Waals surface area contributed by atoms with Crippen LogP contribution in [0.1, 0.15) is 77.6 Å². The molecule has 0 bridgehead atoms. The zero-order valence-electron chi connectivity index (χ0n) is 15.4. The molecule has 0 aliphatic rings. The van der Waals surface area contributed by atoms with E-state index in [1.807, 2.05) is 0 Å². The van der Waals surface area contributed by atoms with E-state index in [4.69, 9.17) is 19.0 Å². The monoisotopic (exact) mass is 333 g/mol. The van der Waals surface area contributed by atoms with Gasteiger partial charge in [-0.05, 0) is 19.4 Å². The minimum atomic E-state index is -2.54. The van der Waals surface area contributed by atoms with E-state index in [1.165, 1.54) is 57.8 Å². The average molecular weight is 334 g/mol. The van der Waals surface area contributed by atoms with Crippen molar-refractivity contribution in [2.45, 2.75) is 83.1 Å². The predicted molar refractivity (Wildman–Crippen MR) is 96.0 cm³/mol. The van der Waals surface area contributed by atoms with Crippen LogP contribution in [0.2, 0.25) is 5.54 Å². The summed E-state index contributed by atoms with van der Waals surface area (Å²) in [5.41, 5.74) is 6.08. The Balaban J connectivity index is 3.91. The van der Waals surface area contributed by atoms with Crippen LogP contribution in [0.3, 0.4) is 0 Å². The van der Waals surface area contributed by atoms with Gasteiger partial charge in [0.1, 0.15) is 0 Å². The summed E-state index contributed by atoms with van der Waals surface area (Å²) in [6.45, 7) is 2.92. The van der Waals surface area contributed by atoms with Gasteiger partial charge in [0.15, 0.2) is 0 Å². The van der Waals surface area contributed by atoms with E-state index < -0.39 is 8.80 Å². The molecule has 0 radical (unpaired) electrons. The quantitative estimate of drug-likeness (QED) is 0.334. The van der Waals surface area contributed by atoms with E-state index in [0.717, 1.165) is 12.8 Å². The van der Waals surface area contributed by atoms with E-state index in [0.29, 0.717) is 12.1 Å². The largest absolute Gasteiger partial charge is 0.503 e. The Hall–Kier alpha value is 0.0569. The van der Waals surface area contributed by atoms with Gasteiger partial charge in [-0.1, -0.05) is 64.7 Å². The molecule has 0 spiro atoms. The second-order valence-corrected chi connectivity index (χ2v) is 9.36. The van der Waals surface area contributed by atoms with E-state index in [2.05, 4.69) is 6.92 Å². The number of hydrogen-bond acceptors (Lipinski definition) is 4. The molecule has 22 heavy (non-hydrogen) atoms. The lowest BCUT2D eigenvalue weighted by molar-refractivity contribution is 0.108. The first-order chi connectivity index (χ1) is 10.7. The van der Waals surface area contributed by atoms with Gasteiger partial charge in [-0.15, -0.1) is 0 Å². The molecule has 0 heterocycles. The normalized spacial score (nSPS) is 13.5. The highest BCUT2D eigenvalue weighted by Crippen LogP contribution is 2.32. The molecule has 0 aromatic heterocycles. The lowest BCUT2D eigenvalue weighted by Gasteiger charge is -2.32. The standard InChI is InChI=1S/C17H39NO3Si/c1-5-6-7-8-9-10-11-12-13-14-17(15-16-18)22(19-2,20-3)21-4/h17H,5-16,18H2,1-4H3. The second-order valence-electron chi connectivity index (χ2n) is 6.11. The minimum Gasteiger partial charge on any atom is -0.377 e. The highest BCUT2D eigenvalue weighted by Gasteiger charge is 2.46. The van der Waals surface area contributed by atoms with E-state index in [-0.39, 0.29) is 0 Å². The molecule has 134 valence electrons. The van der Waals surface area contributed by atoms with Crippen molar-refractivity contribution < 1.29 is 13.3 Å². The van der Waals surface area contributed by atoms with Crippen molar-refractivity contribution in [1.82, 2.24) is 0 Å². The first kappa shape index (κ1) is 22.1. The Kier molecular flexibility index (Phi) is 14.7. The van der Waals surface area contributed by atoms with Crippen molar-refractivity contribution >= 4 is 8.80 Å². The predicted octanol–water partition coefficient (Wildman–Crippen LogP) is 4.50. The minimum absolute atomic E-state index is 0.321. The number of hydrogen-bond donors (Lipinski definition) is 1. The van der Waals surface area contributed by atoms with Crippen molar-refractivity contribution in [1.29, 1.82) is 0 Å². The summed E-state index contributed by atoms with van der Waals surface area (Å²) in [5, 5.41) is 0. The van der Waals surface area contributed by atoms with Crippen LogP contribution in [-0.4, -0.2) is 36.7 Å². The van der Waals surface area contributed by atoms with Crippen LogP contribution in [-0.2, 0) is 13.3 Å². The molecule has 0 saturated carbocycles. The molecule has 0 aromatic carbocycles. The van der Waals surface area contributed by atoms with Crippen LogP contribution in [0.4, 0.5) is 0 Å². The maximum absolute atomic E-state index is 5.76. The SMILES string of the molecule is CCCCCCCCCCCC(CCN)[Si](OC)(OC)OC. The van der Waals surface area contributed by atoms with Gasteiger partial charge in [0, 0.05) is 26.9 Å². The third-order valence-corrected chi connectivity index (χ3v) is 7.81. The summed E-state index contributed by atoms with van der Waals surface area (Å²) in [6.07, 6.45) is 14.1. The van der Waals surface area contributed by atoms with Gasteiger partial charge in [-0.25, -0.2) is 0 Å². The summed E-state index contributed by atoms with van der Waals surface area (Å²) in [7, 11) is 2.54. The zero-order chi connectivity index (χ0) is 16.7. The van der Waals surface area contributed by atoms with Gasteiger partial charge in [0.25, 0.3) is 0 Å². The van der Waals surface area contributed by atoms with Crippen LogP contribution in [0, 0.1) is 0 Å². The second kappa shape index (κ2) is 14.6. The molecule has 0 aromatic rings. The average Bonchev–Trinajstić information content (AvgIpc) is 2.55. The van der Waals surface area contributed by atoms with Gasteiger partial charge in [-0.2, -0.15) is 0 Å². The lowest BCUT2D eigenvalue weighted by atomic mass is 10.1. The highest BCUT2D eigenvalue weighted by atomic mass is 28.4. The number of unbranched alkanes of at least 4 members (excludes halogenated alkanes) is 8. The Morgan fingerprint density at radius 3 is 1.59 bits per heavy atom. The molecular weight excluding hydrogens is 294 g/mol. The van der Waals surface area contributed by atoms with Crippen molar-refractivity contribution in [2.75, 3.05) is 27.9 Å². The molecule has 0 aliphatic carbocycles. The Labute approximate surface area is 139 Å². The summed E-state index contributed by atoms with van der Waals surface area (Å²) >= 11 is 0. The van der Waals surface area contributed by atoms with Crippen molar-refractivity contribution in [3.05, 3.63) is 0 Å². The third-order valence-electron chi connectivity index (χ3n) is 4.52. The van der Waals surface area contributed by atoms with Crippen molar-refractivity contribution in [3.8, 4) is 0 Å². The van der Waals surface area contributed by atoms with Gasteiger partial charge in [0.05, 0.1) is 0 Å². The Morgan fingerprint density at radius 1 is 0.727 bits per heavy atom. The third kappa shape index (κ3) is 8.63. The summed E-state index contributed by atoms with van der Waals surface area (Å²) < 4.78 is 16.9. The maximum Gasteiger partial charge on any atom is 0.503 e. The lowest BCUT2D eigenvalue weighted by Crippen LogP contribution is -2.48. The van der Waals surface area contributed by atoms with E-state index in [1.54, 1.807) is 21.3 Å². The molecule has 0 saturated heterocycles. The smallest absolute Gasteiger partial charge is 0.377 e. The fraction of sp³-hybridized carbons (Fsp3) is 1.00. The topological polar surface area (TPSA) is 53.7 Å². The highest BCUT2D eigenvalue weighted by molar-refractivity contribution is 6.62. The Morgan fingerprint density at radius 2 is 1.18 bits per heavy atom. The van der Waals surface area contributed by atoms with E-state index >= 15 is 0 Å². The maximum atomic E-state index is 5.76. The summed E-state index contributed by atoms with van der Waals surface area (Å²) in [4.78, 5) is 0. The van der Waals surface area contributed by atoms with E-state index in [9.17, 15) is 0 Å². The van der Waals surface area contributed by atoms with Crippen LogP contribution < -0.4 is 5.73 Å². The molecule has 1 atom stereocenters. The number of nitrogens with two attached hydrogens (primary N) is 1. The molecule has 2 N–H and O–H groups in total. The van der Waals surface area contributed by atoms with Crippen LogP contribution >= 0.6 is 0 Å². The molecular formula is C17H39NO3Si. The molecule has 4 nitrogen and oxygen atoms in total. The van der Waals surface area contributed by atoms with Gasteiger partial charge < -0.3 is 19.0 Å². The molecule has 0 aliphatic heterocycles. The first-order valence-corrected chi connectivity index (χ1v) is 10.9. The van der Waals surface area contributed by atoms with Crippen molar-refractivity contribution in [3.63, 3.8) is 0 Å². The van der Waals surface area contributed by atoms with Crippen molar-refractivity contribution in [2.24, 2.45) is 5.73 Å². The van der Waals surface area contributed by atoms with Crippen LogP contribution in [0.5, 0.6) is 0 Å². The molecule has 5 heteroatoms. The van der Waals surface area contributed by atoms with Crippen LogP contribution in [0.25, 0.3) is 0 Å².